The number of rotatable bonds is 4. The number of esters is 1. The highest BCUT2D eigenvalue weighted by Gasteiger charge is 2.46. The molecule has 6 atom stereocenters. The highest BCUT2D eigenvalue weighted by Crippen LogP contribution is 2.50. The number of fused-ring (bicyclic) bond motifs is 1. The van der Waals surface area contributed by atoms with E-state index in [1.54, 1.807) is 48.5 Å². The van der Waals surface area contributed by atoms with Gasteiger partial charge in [0.25, 0.3) is 0 Å². The van der Waals surface area contributed by atoms with Crippen molar-refractivity contribution in [2.45, 2.75) is 57.3 Å². The van der Waals surface area contributed by atoms with E-state index in [2.05, 4.69) is 0 Å². The summed E-state index contributed by atoms with van der Waals surface area (Å²) in [5.41, 5.74) is 1.72. The number of ether oxygens (including phenoxy) is 1. The maximum absolute atomic E-state index is 15.0. The molecular weight excluding hydrogens is 396 g/mol. The number of alkyl halides is 2. The summed E-state index contributed by atoms with van der Waals surface area (Å²) in [5, 5.41) is 8.84. The van der Waals surface area contributed by atoms with Gasteiger partial charge in [0.05, 0.1) is 17.2 Å². The minimum atomic E-state index is -1.06. The quantitative estimate of drug-likeness (QED) is 0.423. The first-order chi connectivity index (χ1) is 15.0. The molecule has 4 rings (SSSR count). The third-order valence-corrected chi connectivity index (χ3v) is 7.16. The molecule has 0 heterocycles. The normalized spacial score (nSPS) is 30.1. The highest BCUT2D eigenvalue weighted by molar-refractivity contribution is 5.91. The smallest absolute Gasteiger partial charge is 0.343 e. The molecule has 2 aromatic carbocycles. The van der Waals surface area contributed by atoms with E-state index in [0.717, 1.165) is 24.8 Å². The van der Waals surface area contributed by atoms with Crippen molar-refractivity contribution in [1.29, 1.82) is 5.26 Å². The lowest BCUT2D eigenvalue weighted by Gasteiger charge is -2.45. The van der Waals surface area contributed by atoms with Gasteiger partial charge in [0.15, 0.2) is 0 Å². The molecule has 0 saturated heterocycles. The van der Waals surface area contributed by atoms with Crippen LogP contribution in [0.15, 0.2) is 48.5 Å². The molecule has 31 heavy (non-hydrogen) atoms. The summed E-state index contributed by atoms with van der Waals surface area (Å²) in [5.74, 6) is -0.252. The van der Waals surface area contributed by atoms with Crippen LogP contribution in [0.1, 0.15) is 66.4 Å². The molecule has 2 fully saturated rings. The zero-order valence-corrected chi connectivity index (χ0v) is 17.6. The SMILES string of the molecule is CCC1CCC2CC(c3ccc(C(=O)Oc4ccc(C#N)cc4)cc3)C(F)CC2C1F. The summed E-state index contributed by atoms with van der Waals surface area (Å²) in [4.78, 5) is 12.4. The predicted octanol–water partition coefficient (Wildman–Crippen LogP) is 6.38. The Kier molecular flexibility index (Phi) is 6.36. The molecule has 3 nitrogen and oxygen atoms in total. The van der Waals surface area contributed by atoms with Gasteiger partial charge in [-0.2, -0.15) is 5.26 Å². The first-order valence-corrected chi connectivity index (χ1v) is 11.1. The maximum Gasteiger partial charge on any atom is 0.343 e. The number of carbonyl (C=O) groups excluding carboxylic acids is 1. The van der Waals surface area contributed by atoms with Gasteiger partial charge in [0.2, 0.25) is 0 Å². The Morgan fingerprint density at radius 1 is 1.06 bits per heavy atom. The number of halogens is 2. The molecule has 2 saturated carbocycles. The Morgan fingerprint density at radius 3 is 2.42 bits per heavy atom. The van der Waals surface area contributed by atoms with Crippen LogP contribution in [0.3, 0.4) is 0 Å². The Balaban J connectivity index is 1.42. The molecule has 0 N–H and O–H groups in total. The number of hydrogen-bond acceptors (Lipinski definition) is 3. The summed E-state index contributed by atoms with van der Waals surface area (Å²) in [6.07, 6.45) is 1.69. The van der Waals surface area contributed by atoms with E-state index < -0.39 is 18.3 Å². The van der Waals surface area contributed by atoms with Gasteiger partial charge in [0.1, 0.15) is 18.1 Å². The third-order valence-electron chi connectivity index (χ3n) is 7.16. The highest BCUT2D eigenvalue weighted by atomic mass is 19.1. The Morgan fingerprint density at radius 2 is 1.77 bits per heavy atom. The van der Waals surface area contributed by atoms with Crippen LogP contribution in [0.4, 0.5) is 8.78 Å². The summed E-state index contributed by atoms with van der Waals surface area (Å²) in [7, 11) is 0. The molecule has 5 heteroatoms. The number of carbonyl (C=O) groups is 1. The molecule has 2 aliphatic rings. The van der Waals surface area contributed by atoms with Gasteiger partial charge >= 0.3 is 5.97 Å². The van der Waals surface area contributed by atoms with E-state index in [1.807, 2.05) is 13.0 Å². The monoisotopic (exact) mass is 423 g/mol. The van der Waals surface area contributed by atoms with Gasteiger partial charge in [-0.25, -0.2) is 13.6 Å². The van der Waals surface area contributed by atoms with Gasteiger partial charge < -0.3 is 4.74 Å². The minimum Gasteiger partial charge on any atom is -0.423 e. The second kappa shape index (κ2) is 9.18. The lowest BCUT2D eigenvalue weighted by atomic mass is 9.62. The zero-order chi connectivity index (χ0) is 22.0. The fourth-order valence-corrected chi connectivity index (χ4v) is 5.33. The standard InChI is InChI=1S/C26H27F2NO2/c1-2-17-5-10-20-13-22(24(27)14-23(20)25(17)28)18-6-8-19(9-7-18)26(30)31-21-11-3-16(15-29)4-12-21/h3-4,6-9,11-12,17,20,22-25H,2,5,10,13-14H2,1H3. The van der Waals surface area contributed by atoms with Crippen molar-refractivity contribution in [3.8, 4) is 11.8 Å². The molecule has 0 amide bonds. The van der Waals surface area contributed by atoms with Gasteiger partial charge in [-0.3, -0.25) is 0 Å². The van der Waals surface area contributed by atoms with Crippen LogP contribution in [-0.2, 0) is 0 Å². The van der Waals surface area contributed by atoms with E-state index >= 15 is 4.39 Å². The molecule has 2 aromatic rings. The molecule has 6 unspecified atom stereocenters. The van der Waals surface area contributed by atoms with E-state index in [0.29, 0.717) is 23.3 Å². The van der Waals surface area contributed by atoms with Crippen LogP contribution in [0.5, 0.6) is 5.75 Å². The van der Waals surface area contributed by atoms with Crippen LogP contribution in [0.25, 0.3) is 0 Å². The van der Waals surface area contributed by atoms with Crippen LogP contribution in [0.2, 0.25) is 0 Å². The van der Waals surface area contributed by atoms with Gasteiger partial charge in [-0.05, 0) is 85.4 Å². The Bertz CT molecular complexity index is 951. The predicted molar refractivity (Wildman–Crippen MR) is 114 cm³/mol. The van der Waals surface area contributed by atoms with Crippen molar-refractivity contribution in [2.75, 3.05) is 0 Å². The number of nitrogens with zero attached hydrogens (tertiary/aromatic N) is 1. The zero-order valence-electron chi connectivity index (χ0n) is 17.6. The maximum atomic E-state index is 15.0. The summed E-state index contributed by atoms with van der Waals surface area (Å²) < 4.78 is 35.2. The molecule has 0 aliphatic heterocycles. The number of benzene rings is 2. The van der Waals surface area contributed by atoms with Crippen molar-refractivity contribution in [2.24, 2.45) is 17.8 Å². The Hall–Kier alpha value is -2.74. The molecule has 0 radical (unpaired) electrons. The second-order valence-electron chi connectivity index (χ2n) is 8.86. The minimum absolute atomic E-state index is 0.0754. The third kappa shape index (κ3) is 4.49. The van der Waals surface area contributed by atoms with Gasteiger partial charge in [0, 0.05) is 5.92 Å². The molecule has 2 aliphatic carbocycles. The lowest BCUT2D eigenvalue weighted by Crippen LogP contribution is -2.43. The van der Waals surface area contributed by atoms with Gasteiger partial charge in [-0.1, -0.05) is 25.5 Å². The lowest BCUT2D eigenvalue weighted by molar-refractivity contribution is -0.00914. The topological polar surface area (TPSA) is 50.1 Å². The van der Waals surface area contributed by atoms with E-state index in [1.165, 1.54) is 0 Å². The van der Waals surface area contributed by atoms with Crippen LogP contribution in [0, 0.1) is 29.1 Å². The number of hydrogen-bond donors (Lipinski definition) is 0. The first kappa shape index (κ1) is 21.5. The van der Waals surface area contributed by atoms with Gasteiger partial charge in [-0.15, -0.1) is 0 Å². The molecule has 0 spiro atoms. The van der Waals surface area contributed by atoms with Crippen molar-refractivity contribution in [3.63, 3.8) is 0 Å². The first-order valence-electron chi connectivity index (χ1n) is 11.1. The van der Waals surface area contributed by atoms with E-state index in [9.17, 15) is 9.18 Å². The molecule has 0 bridgehead atoms. The van der Waals surface area contributed by atoms with Crippen molar-refractivity contribution in [3.05, 3.63) is 65.2 Å². The van der Waals surface area contributed by atoms with Crippen LogP contribution < -0.4 is 4.74 Å². The largest absolute Gasteiger partial charge is 0.423 e. The fourth-order valence-electron chi connectivity index (χ4n) is 5.33. The average molecular weight is 424 g/mol. The summed E-state index contributed by atoms with van der Waals surface area (Å²) >= 11 is 0. The van der Waals surface area contributed by atoms with Crippen molar-refractivity contribution in [1.82, 2.24) is 0 Å². The van der Waals surface area contributed by atoms with E-state index in [4.69, 9.17) is 10.00 Å². The van der Waals surface area contributed by atoms with E-state index in [-0.39, 0.29) is 30.1 Å². The fraction of sp³-hybridized carbons (Fsp3) is 0.462. The summed E-state index contributed by atoms with van der Waals surface area (Å²) in [6, 6.07) is 15.2. The number of nitriles is 1. The Labute approximate surface area is 182 Å². The van der Waals surface area contributed by atoms with Crippen molar-refractivity contribution < 1.29 is 18.3 Å². The van der Waals surface area contributed by atoms with Crippen LogP contribution in [-0.4, -0.2) is 18.3 Å². The summed E-state index contributed by atoms with van der Waals surface area (Å²) in [6.45, 7) is 2.02. The molecule has 0 aromatic heterocycles. The second-order valence-corrected chi connectivity index (χ2v) is 8.86. The molecule has 162 valence electrons. The van der Waals surface area contributed by atoms with Crippen molar-refractivity contribution >= 4 is 5.97 Å². The average Bonchev–Trinajstić information content (AvgIpc) is 2.80. The van der Waals surface area contributed by atoms with Crippen LogP contribution >= 0.6 is 0 Å². The molecular formula is C26H27F2NO2.